The van der Waals surface area contributed by atoms with E-state index in [4.69, 9.17) is 27.9 Å². The summed E-state index contributed by atoms with van der Waals surface area (Å²) in [4.78, 5) is 12.5. The molecule has 0 bridgehead atoms. The molecule has 0 unspecified atom stereocenters. The Morgan fingerprint density at radius 2 is 1.77 bits per heavy atom. The van der Waals surface area contributed by atoms with Gasteiger partial charge in [-0.05, 0) is 79.9 Å². The summed E-state index contributed by atoms with van der Waals surface area (Å²) < 4.78 is 7.22. The van der Waals surface area contributed by atoms with Crippen LogP contribution in [0.15, 0.2) is 75.2 Å². The van der Waals surface area contributed by atoms with Gasteiger partial charge in [-0.3, -0.25) is 4.79 Å². The van der Waals surface area contributed by atoms with Crippen molar-refractivity contribution in [2.24, 2.45) is 0 Å². The number of anilines is 1. The Balaban J connectivity index is 1.78. The predicted octanol–water partition coefficient (Wildman–Crippen LogP) is 7.64. The van der Waals surface area contributed by atoms with Gasteiger partial charge in [0.1, 0.15) is 24.0 Å². The first-order valence-electron chi connectivity index (χ1n) is 8.91. The second-order valence-corrected chi connectivity index (χ2v) is 8.88. The fraction of sp³-hybridized carbons (Fsp3) is 0.0435. The zero-order valence-corrected chi connectivity index (χ0v) is 20.5. The van der Waals surface area contributed by atoms with Gasteiger partial charge in [0.2, 0.25) is 0 Å². The molecular formula is C23H14Br2Cl2N2O2. The number of benzene rings is 3. The Hall–Kier alpha value is -2.30. The van der Waals surface area contributed by atoms with E-state index < -0.39 is 5.91 Å². The van der Waals surface area contributed by atoms with Crippen molar-refractivity contribution in [2.75, 3.05) is 5.32 Å². The highest BCUT2D eigenvalue weighted by molar-refractivity contribution is 9.11. The molecule has 0 aromatic heterocycles. The molecule has 0 atom stereocenters. The SMILES string of the molecule is N#C/C(=C\c1cc(Br)c(OCc2ccccc2Cl)c(Br)c1)C(=O)Nc1cccc(Cl)c1. The maximum Gasteiger partial charge on any atom is 0.266 e. The largest absolute Gasteiger partial charge is 0.486 e. The lowest BCUT2D eigenvalue weighted by Crippen LogP contribution is -2.13. The lowest BCUT2D eigenvalue weighted by molar-refractivity contribution is -0.112. The van der Waals surface area contributed by atoms with Gasteiger partial charge >= 0.3 is 0 Å². The quantitative estimate of drug-likeness (QED) is 0.241. The molecule has 0 aliphatic rings. The summed E-state index contributed by atoms with van der Waals surface area (Å²) in [5, 5.41) is 13.2. The van der Waals surface area contributed by atoms with Crippen molar-refractivity contribution < 1.29 is 9.53 Å². The van der Waals surface area contributed by atoms with Gasteiger partial charge in [0, 0.05) is 21.3 Å². The molecule has 31 heavy (non-hydrogen) atoms. The van der Waals surface area contributed by atoms with E-state index in [9.17, 15) is 10.1 Å². The third kappa shape index (κ3) is 6.34. The molecule has 0 saturated carbocycles. The summed E-state index contributed by atoms with van der Waals surface area (Å²) in [6.07, 6.45) is 1.49. The number of nitrogens with zero attached hydrogens (tertiary/aromatic N) is 1. The van der Waals surface area contributed by atoms with Crippen LogP contribution in [0.5, 0.6) is 5.75 Å². The summed E-state index contributed by atoms with van der Waals surface area (Å²) >= 11 is 19.1. The minimum atomic E-state index is -0.531. The van der Waals surface area contributed by atoms with E-state index in [-0.39, 0.29) is 12.2 Å². The zero-order chi connectivity index (χ0) is 22.4. The molecule has 8 heteroatoms. The number of carbonyl (C=O) groups is 1. The molecule has 0 aliphatic heterocycles. The Morgan fingerprint density at radius 3 is 2.42 bits per heavy atom. The third-order valence-electron chi connectivity index (χ3n) is 4.11. The summed E-state index contributed by atoms with van der Waals surface area (Å²) in [5.74, 6) is 0.0509. The van der Waals surface area contributed by atoms with E-state index >= 15 is 0 Å². The number of halogens is 4. The molecule has 4 nitrogen and oxygen atoms in total. The van der Waals surface area contributed by atoms with Gasteiger partial charge in [0.25, 0.3) is 5.91 Å². The lowest BCUT2D eigenvalue weighted by atomic mass is 10.1. The van der Waals surface area contributed by atoms with Crippen LogP contribution in [0.25, 0.3) is 6.08 Å². The first-order chi connectivity index (χ1) is 14.9. The molecular weight excluding hydrogens is 567 g/mol. The van der Waals surface area contributed by atoms with Crippen LogP contribution in [0, 0.1) is 11.3 Å². The standard InChI is InChI=1S/C23H14Br2Cl2N2O2/c24-19-9-14(8-16(12-28)23(30)29-18-6-3-5-17(26)11-18)10-20(25)22(19)31-13-15-4-1-2-7-21(15)27/h1-11H,13H2,(H,29,30)/b16-8+. The maximum atomic E-state index is 12.5. The summed E-state index contributed by atoms with van der Waals surface area (Å²) in [7, 11) is 0. The molecule has 0 saturated heterocycles. The molecule has 0 aliphatic carbocycles. The van der Waals surface area contributed by atoms with Crippen LogP contribution in [0.4, 0.5) is 5.69 Å². The third-order valence-corrected chi connectivity index (χ3v) is 5.89. The molecule has 3 aromatic rings. The Labute approximate surface area is 206 Å². The molecule has 156 valence electrons. The van der Waals surface area contributed by atoms with Gasteiger partial charge in [0.05, 0.1) is 8.95 Å². The van der Waals surface area contributed by atoms with E-state index in [1.165, 1.54) is 6.08 Å². The summed E-state index contributed by atoms with van der Waals surface area (Å²) in [6, 6.07) is 19.6. The number of ether oxygens (including phenoxy) is 1. The van der Waals surface area contributed by atoms with Crippen molar-refractivity contribution in [1.29, 1.82) is 5.26 Å². The fourth-order valence-electron chi connectivity index (χ4n) is 2.65. The fourth-order valence-corrected chi connectivity index (χ4v) is 4.48. The zero-order valence-electron chi connectivity index (χ0n) is 15.8. The first-order valence-corrected chi connectivity index (χ1v) is 11.3. The molecule has 0 radical (unpaired) electrons. The van der Waals surface area contributed by atoms with E-state index in [2.05, 4.69) is 37.2 Å². The molecule has 3 aromatic carbocycles. The predicted molar refractivity (Wildman–Crippen MR) is 131 cm³/mol. The van der Waals surface area contributed by atoms with Crippen LogP contribution in [0.1, 0.15) is 11.1 Å². The average molecular weight is 581 g/mol. The van der Waals surface area contributed by atoms with Gasteiger partial charge in [-0.25, -0.2) is 0 Å². The highest BCUT2D eigenvalue weighted by atomic mass is 79.9. The van der Waals surface area contributed by atoms with E-state index in [1.807, 2.05) is 24.3 Å². The van der Waals surface area contributed by atoms with Crippen LogP contribution in [-0.2, 0) is 11.4 Å². The minimum Gasteiger partial charge on any atom is -0.486 e. The molecule has 0 fully saturated rings. The van der Waals surface area contributed by atoms with Crippen molar-refractivity contribution >= 4 is 72.7 Å². The maximum absolute atomic E-state index is 12.5. The number of nitrogens with one attached hydrogen (secondary N) is 1. The van der Waals surface area contributed by atoms with Crippen LogP contribution in [0.2, 0.25) is 10.0 Å². The number of rotatable bonds is 6. The topological polar surface area (TPSA) is 62.1 Å². The normalized spacial score (nSPS) is 11.0. The molecule has 0 heterocycles. The van der Waals surface area contributed by atoms with E-state index in [1.54, 1.807) is 42.5 Å². The van der Waals surface area contributed by atoms with Crippen LogP contribution < -0.4 is 10.1 Å². The van der Waals surface area contributed by atoms with Gasteiger partial charge in [-0.2, -0.15) is 5.26 Å². The van der Waals surface area contributed by atoms with Crippen molar-refractivity contribution in [3.05, 3.63) is 96.4 Å². The molecule has 1 N–H and O–H groups in total. The lowest BCUT2D eigenvalue weighted by Gasteiger charge is -2.12. The monoisotopic (exact) mass is 578 g/mol. The Morgan fingerprint density at radius 1 is 1.06 bits per heavy atom. The van der Waals surface area contributed by atoms with Gasteiger partial charge < -0.3 is 10.1 Å². The Bertz CT molecular complexity index is 1180. The Kier molecular flexibility index (Phi) is 8.16. The number of amides is 1. The molecule has 3 rings (SSSR count). The molecule has 1 amide bonds. The summed E-state index contributed by atoms with van der Waals surface area (Å²) in [5.41, 5.74) is 1.95. The highest BCUT2D eigenvalue weighted by Crippen LogP contribution is 2.36. The van der Waals surface area contributed by atoms with Crippen molar-refractivity contribution in [3.8, 4) is 11.8 Å². The number of nitriles is 1. The second-order valence-electron chi connectivity index (χ2n) is 6.33. The average Bonchev–Trinajstić information content (AvgIpc) is 2.72. The van der Waals surface area contributed by atoms with E-state index in [0.29, 0.717) is 36.0 Å². The van der Waals surface area contributed by atoms with Crippen molar-refractivity contribution in [1.82, 2.24) is 0 Å². The second kappa shape index (κ2) is 10.8. The van der Waals surface area contributed by atoms with E-state index in [0.717, 1.165) is 5.56 Å². The highest BCUT2D eigenvalue weighted by Gasteiger charge is 2.13. The molecule has 0 spiro atoms. The minimum absolute atomic E-state index is 0.0523. The number of hydrogen-bond acceptors (Lipinski definition) is 3. The van der Waals surface area contributed by atoms with Crippen LogP contribution in [0.3, 0.4) is 0 Å². The number of hydrogen-bond donors (Lipinski definition) is 1. The van der Waals surface area contributed by atoms with Crippen LogP contribution >= 0.6 is 55.1 Å². The summed E-state index contributed by atoms with van der Waals surface area (Å²) in [6.45, 7) is 0.289. The van der Waals surface area contributed by atoms with Gasteiger partial charge in [-0.1, -0.05) is 47.5 Å². The van der Waals surface area contributed by atoms with Crippen molar-refractivity contribution in [2.45, 2.75) is 6.61 Å². The van der Waals surface area contributed by atoms with Gasteiger partial charge in [-0.15, -0.1) is 0 Å². The first kappa shape index (κ1) is 23.4. The van der Waals surface area contributed by atoms with Crippen molar-refractivity contribution in [3.63, 3.8) is 0 Å². The smallest absolute Gasteiger partial charge is 0.266 e. The van der Waals surface area contributed by atoms with Crippen LogP contribution in [-0.4, -0.2) is 5.91 Å². The van der Waals surface area contributed by atoms with Gasteiger partial charge in [0.15, 0.2) is 0 Å². The number of carbonyl (C=O) groups excluding carboxylic acids is 1.